The van der Waals surface area contributed by atoms with Gasteiger partial charge in [-0.25, -0.2) is 0 Å². The first kappa shape index (κ1) is 18.6. The van der Waals surface area contributed by atoms with Crippen LogP contribution >= 0.6 is 0 Å². The summed E-state index contributed by atoms with van der Waals surface area (Å²) >= 11 is 0. The van der Waals surface area contributed by atoms with Crippen molar-refractivity contribution in [2.75, 3.05) is 25.6 Å². The molecule has 132 valence electrons. The Morgan fingerprint density at radius 2 is 1.80 bits per heavy atom. The summed E-state index contributed by atoms with van der Waals surface area (Å²) in [5.74, 6) is -0.169. The van der Waals surface area contributed by atoms with Crippen molar-refractivity contribution in [1.82, 2.24) is 16.0 Å². The molecule has 0 aliphatic carbocycles. The zero-order chi connectivity index (χ0) is 17.9. The second kappa shape index (κ2) is 10.2. The van der Waals surface area contributed by atoms with Gasteiger partial charge in [-0.2, -0.15) is 0 Å². The van der Waals surface area contributed by atoms with Crippen molar-refractivity contribution < 1.29 is 9.59 Å². The summed E-state index contributed by atoms with van der Waals surface area (Å²) in [6.45, 7) is 0.958. The summed E-state index contributed by atoms with van der Waals surface area (Å²) < 4.78 is 0. The van der Waals surface area contributed by atoms with Crippen molar-refractivity contribution in [3.63, 3.8) is 0 Å². The van der Waals surface area contributed by atoms with E-state index < -0.39 is 0 Å². The molecular weight excluding hydrogens is 316 g/mol. The Balaban J connectivity index is 1.94. The molecule has 1 atom stereocenters. The lowest BCUT2D eigenvalue weighted by atomic mass is 10.1. The molecule has 2 aromatic rings. The van der Waals surface area contributed by atoms with Crippen molar-refractivity contribution in [3.05, 3.63) is 60.2 Å². The molecule has 0 heterocycles. The van der Waals surface area contributed by atoms with Crippen LogP contribution in [0.4, 0.5) is 11.4 Å². The highest BCUT2D eigenvalue weighted by Gasteiger charge is 2.12. The van der Waals surface area contributed by atoms with Crippen LogP contribution in [-0.4, -0.2) is 38.5 Å². The predicted molar refractivity (Wildman–Crippen MR) is 100 cm³/mol. The lowest BCUT2D eigenvalue weighted by Crippen LogP contribution is -2.39. The molecular formula is C19H24N4O2. The number of nitrogens with one attached hydrogen (secondary N) is 4. The van der Waals surface area contributed by atoms with Gasteiger partial charge in [-0.05, 0) is 37.7 Å². The molecule has 6 nitrogen and oxygen atoms in total. The van der Waals surface area contributed by atoms with Crippen LogP contribution in [0, 0.1) is 0 Å². The van der Waals surface area contributed by atoms with Gasteiger partial charge in [0, 0.05) is 18.9 Å². The molecule has 0 bridgehead atoms. The Kier molecular flexibility index (Phi) is 7.62. The van der Waals surface area contributed by atoms with Crippen LogP contribution in [0.25, 0.3) is 0 Å². The summed E-state index contributed by atoms with van der Waals surface area (Å²) in [7, 11) is 1.80. The minimum absolute atomic E-state index is 0.169. The van der Waals surface area contributed by atoms with E-state index in [2.05, 4.69) is 21.3 Å². The number of hydrogen-bond acceptors (Lipinski definition) is 5. The maximum Gasteiger partial charge on any atom is 0.253 e. The molecule has 0 aliphatic rings. The molecule has 2 rings (SSSR count). The first-order valence-corrected chi connectivity index (χ1v) is 8.27. The molecule has 25 heavy (non-hydrogen) atoms. The van der Waals surface area contributed by atoms with Gasteiger partial charge in [-0.1, -0.05) is 30.3 Å². The van der Waals surface area contributed by atoms with Gasteiger partial charge in [0.1, 0.15) is 6.29 Å². The fraction of sp³-hybridized carbons (Fsp3) is 0.263. The maximum atomic E-state index is 12.5. The molecule has 1 amide bonds. The summed E-state index contributed by atoms with van der Waals surface area (Å²) in [6.07, 6.45) is 1.39. The van der Waals surface area contributed by atoms with Gasteiger partial charge in [0.05, 0.1) is 17.3 Å². The standard InChI is InChI=1S/C19H24N4O2/c1-20-14-22-16(13-24)11-12-21-19(25)17-9-5-6-10-18(17)23-15-7-3-2-4-8-15/h2-10,13,16,20,22-23H,11-12,14H2,1H3,(H,21,25). The quantitative estimate of drug-likeness (QED) is 0.392. The predicted octanol–water partition coefficient (Wildman–Crippen LogP) is 1.88. The van der Waals surface area contributed by atoms with Crippen LogP contribution in [0.1, 0.15) is 16.8 Å². The van der Waals surface area contributed by atoms with E-state index in [1.807, 2.05) is 48.5 Å². The lowest BCUT2D eigenvalue weighted by molar-refractivity contribution is -0.109. The largest absolute Gasteiger partial charge is 0.355 e. The van der Waals surface area contributed by atoms with E-state index in [0.717, 1.165) is 17.7 Å². The second-order valence-electron chi connectivity index (χ2n) is 5.56. The topological polar surface area (TPSA) is 82.3 Å². The van der Waals surface area contributed by atoms with Crippen LogP contribution < -0.4 is 21.3 Å². The molecule has 6 heteroatoms. The van der Waals surface area contributed by atoms with Crippen LogP contribution in [0.2, 0.25) is 0 Å². The summed E-state index contributed by atoms with van der Waals surface area (Å²) in [4.78, 5) is 23.5. The summed E-state index contributed by atoms with van der Waals surface area (Å²) in [5.41, 5.74) is 2.23. The Labute approximate surface area is 148 Å². The van der Waals surface area contributed by atoms with E-state index in [4.69, 9.17) is 0 Å². The number of hydrogen-bond donors (Lipinski definition) is 4. The third-order valence-electron chi connectivity index (χ3n) is 3.67. The number of benzene rings is 2. The number of aldehydes is 1. The van der Waals surface area contributed by atoms with Crippen LogP contribution in [0.15, 0.2) is 54.6 Å². The van der Waals surface area contributed by atoms with Gasteiger partial charge in [0.2, 0.25) is 0 Å². The van der Waals surface area contributed by atoms with Crippen LogP contribution in [0.5, 0.6) is 0 Å². The van der Waals surface area contributed by atoms with E-state index in [1.165, 1.54) is 0 Å². The maximum absolute atomic E-state index is 12.5. The minimum atomic E-state index is -0.287. The van der Waals surface area contributed by atoms with Crippen LogP contribution in [0.3, 0.4) is 0 Å². The molecule has 1 unspecified atom stereocenters. The second-order valence-corrected chi connectivity index (χ2v) is 5.56. The van der Waals surface area contributed by atoms with Gasteiger partial charge in [-0.15, -0.1) is 0 Å². The van der Waals surface area contributed by atoms with E-state index >= 15 is 0 Å². The minimum Gasteiger partial charge on any atom is -0.355 e. The van der Waals surface area contributed by atoms with Crippen molar-refractivity contribution >= 4 is 23.6 Å². The molecule has 0 aromatic heterocycles. The van der Waals surface area contributed by atoms with Crippen molar-refractivity contribution in [3.8, 4) is 0 Å². The van der Waals surface area contributed by atoms with E-state index in [0.29, 0.717) is 25.2 Å². The van der Waals surface area contributed by atoms with Crippen molar-refractivity contribution in [1.29, 1.82) is 0 Å². The number of carbonyl (C=O) groups is 2. The Morgan fingerprint density at radius 3 is 2.52 bits per heavy atom. The average molecular weight is 340 g/mol. The highest BCUT2D eigenvalue weighted by Crippen LogP contribution is 2.20. The Hall–Kier alpha value is -2.70. The molecule has 2 aromatic carbocycles. The van der Waals surface area contributed by atoms with Gasteiger partial charge < -0.3 is 20.7 Å². The van der Waals surface area contributed by atoms with Gasteiger partial charge in [0.15, 0.2) is 0 Å². The van der Waals surface area contributed by atoms with Gasteiger partial charge >= 0.3 is 0 Å². The van der Waals surface area contributed by atoms with Crippen LogP contribution in [-0.2, 0) is 4.79 Å². The molecule has 0 radical (unpaired) electrons. The first-order valence-electron chi connectivity index (χ1n) is 8.27. The van der Waals surface area contributed by atoms with E-state index in [-0.39, 0.29) is 11.9 Å². The average Bonchev–Trinajstić information content (AvgIpc) is 2.65. The highest BCUT2D eigenvalue weighted by molar-refractivity contribution is 6.00. The van der Waals surface area contributed by atoms with E-state index in [1.54, 1.807) is 13.1 Å². The third kappa shape index (κ3) is 6.02. The molecule has 0 fully saturated rings. The monoisotopic (exact) mass is 340 g/mol. The van der Waals surface area contributed by atoms with Crippen molar-refractivity contribution in [2.24, 2.45) is 0 Å². The number of anilines is 2. The molecule has 0 aliphatic heterocycles. The van der Waals surface area contributed by atoms with Crippen molar-refractivity contribution in [2.45, 2.75) is 12.5 Å². The molecule has 4 N–H and O–H groups in total. The Bertz CT molecular complexity index is 676. The summed E-state index contributed by atoms with van der Waals surface area (Å²) in [5, 5.41) is 12.1. The number of carbonyl (C=O) groups excluding carboxylic acids is 2. The first-order chi connectivity index (χ1) is 12.2. The molecule has 0 saturated carbocycles. The fourth-order valence-electron chi connectivity index (χ4n) is 2.35. The number of rotatable bonds is 10. The zero-order valence-electron chi connectivity index (χ0n) is 14.3. The SMILES string of the molecule is CNCNC(C=O)CCNC(=O)c1ccccc1Nc1ccccc1. The zero-order valence-corrected chi connectivity index (χ0v) is 14.3. The van der Waals surface area contributed by atoms with Gasteiger partial charge in [-0.3, -0.25) is 10.1 Å². The highest BCUT2D eigenvalue weighted by atomic mass is 16.1. The number of para-hydroxylation sites is 2. The summed E-state index contributed by atoms with van der Waals surface area (Å²) in [6, 6.07) is 16.8. The number of amides is 1. The molecule has 0 saturated heterocycles. The fourth-order valence-corrected chi connectivity index (χ4v) is 2.35. The lowest BCUT2D eigenvalue weighted by Gasteiger charge is -2.14. The normalized spacial score (nSPS) is 11.6. The third-order valence-corrected chi connectivity index (χ3v) is 3.67. The smallest absolute Gasteiger partial charge is 0.253 e. The van der Waals surface area contributed by atoms with Gasteiger partial charge in [0.25, 0.3) is 5.91 Å². The Morgan fingerprint density at radius 1 is 1.08 bits per heavy atom. The van der Waals surface area contributed by atoms with E-state index in [9.17, 15) is 9.59 Å². The molecule has 0 spiro atoms.